The van der Waals surface area contributed by atoms with Crippen LogP contribution in [-0.4, -0.2) is 39.7 Å². The highest BCUT2D eigenvalue weighted by Gasteiger charge is 2.13. The molecule has 0 saturated carbocycles. The molecule has 1 aromatic rings. The maximum absolute atomic E-state index is 11.0. The predicted octanol–water partition coefficient (Wildman–Crippen LogP) is -1.30. The average molecular weight is 225 g/mol. The lowest BCUT2D eigenvalue weighted by Gasteiger charge is -2.16. The smallest absolute Gasteiger partial charge is 0.271 e. The topological polar surface area (TPSA) is 127 Å². The monoisotopic (exact) mass is 225 g/mol. The lowest BCUT2D eigenvalue weighted by atomic mass is 10.2. The molecule has 0 saturated heterocycles. The van der Waals surface area contributed by atoms with Crippen LogP contribution >= 0.6 is 0 Å². The minimum atomic E-state index is -0.666. The Kier molecular flexibility index (Phi) is 4.15. The number of aromatic nitrogens is 2. The first-order valence-electron chi connectivity index (χ1n) is 4.80. The van der Waals surface area contributed by atoms with Gasteiger partial charge in [0, 0.05) is 25.0 Å². The van der Waals surface area contributed by atoms with Gasteiger partial charge >= 0.3 is 0 Å². The van der Waals surface area contributed by atoms with E-state index in [2.05, 4.69) is 15.3 Å². The molecule has 6 N–H and O–H groups in total. The molecule has 1 amide bonds. The highest BCUT2D eigenvalue weighted by atomic mass is 16.3. The zero-order chi connectivity index (χ0) is 12.1. The van der Waals surface area contributed by atoms with Crippen LogP contribution in [0.5, 0.6) is 0 Å². The molecule has 88 valence electrons. The lowest BCUT2D eigenvalue weighted by Crippen LogP contribution is -2.39. The van der Waals surface area contributed by atoms with Gasteiger partial charge in [-0.05, 0) is 6.92 Å². The number of rotatable bonds is 5. The normalized spacial score (nSPS) is 14.2. The molecule has 0 radical (unpaired) electrons. The summed E-state index contributed by atoms with van der Waals surface area (Å²) >= 11 is 0. The number of anilines is 1. The van der Waals surface area contributed by atoms with Crippen molar-refractivity contribution in [2.24, 2.45) is 11.5 Å². The number of nitrogens with one attached hydrogen (secondary N) is 1. The van der Waals surface area contributed by atoms with E-state index in [1.54, 1.807) is 6.92 Å². The lowest BCUT2D eigenvalue weighted by molar-refractivity contribution is 0.0996. The summed E-state index contributed by atoms with van der Waals surface area (Å²) in [5.74, 6) is -0.396. The van der Waals surface area contributed by atoms with Gasteiger partial charge in [0.05, 0.1) is 6.10 Å². The third-order valence-electron chi connectivity index (χ3n) is 2.06. The van der Waals surface area contributed by atoms with Gasteiger partial charge in [-0.15, -0.1) is 0 Å². The molecule has 2 unspecified atom stereocenters. The molecule has 0 fully saturated rings. The quantitative estimate of drug-likeness (QED) is 0.493. The first-order chi connectivity index (χ1) is 7.52. The van der Waals surface area contributed by atoms with Crippen LogP contribution in [0.4, 0.5) is 5.82 Å². The molecular weight excluding hydrogens is 210 g/mol. The maximum atomic E-state index is 11.0. The number of carbonyl (C=O) groups excluding carboxylic acids is 1. The second-order valence-corrected chi connectivity index (χ2v) is 3.40. The molecule has 0 bridgehead atoms. The van der Waals surface area contributed by atoms with Gasteiger partial charge in [0.25, 0.3) is 5.91 Å². The highest BCUT2D eigenvalue weighted by Crippen LogP contribution is 2.07. The number of hydrogen-bond donors (Lipinski definition) is 4. The van der Waals surface area contributed by atoms with E-state index in [0.717, 1.165) is 0 Å². The van der Waals surface area contributed by atoms with Crippen LogP contribution in [-0.2, 0) is 0 Å². The molecule has 0 aliphatic heterocycles. The van der Waals surface area contributed by atoms with Crippen molar-refractivity contribution in [1.29, 1.82) is 0 Å². The first-order valence-corrected chi connectivity index (χ1v) is 4.80. The fraction of sp³-hybridized carbons (Fsp3) is 0.444. The molecule has 1 aromatic heterocycles. The van der Waals surface area contributed by atoms with Crippen molar-refractivity contribution in [3.63, 3.8) is 0 Å². The number of nitrogens with zero attached hydrogens (tertiary/aromatic N) is 2. The van der Waals surface area contributed by atoms with Crippen LogP contribution in [0.3, 0.4) is 0 Å². The van der Waals surface area contributed by atoms with Gasteiger partial charge in [-0.2, -0.15) is 0 Å². The van der Waals surface area contributed by atoms with Crippen molar-refractivity contribution in [3.05, 3.63) is 18.1 Å². The van der Waals surface area contributed by atoms with Crippen molar-refractivity contribution < 1.29 is 9.90 Å². The molecule has 0 aromatic carbocycles. The fourth-order valence-corrected chi connectivity index (χ4v) is 1.03. The third kappa shape index (κ3) is 3.14. The number of nitrogens with two attached hydrogens (primary N) is 2. The van der Waals surface area contributed by atoms with Gasteiger partial charge in [-0.25, -0.2) is 9.97 Å². The molecule has 1 heterocycles. The van der Waals surface area contributed by atoms with Crippen LogP contribution in [0, 0.1) is 0 Å². The second kappa shape index (κ2) is 5.38. The van der Waals surface area contributed by atoms with Crippen LogP contribution in [0.25, 0.3) is 0 Å². The Labute approximate surface area is 92.9 Å². The van der Waals surface area contributed by atoms with E-state index >= 15 is 0 Å². The third-order valence-corrected chi connectivity index (χ3v) is 2.06. The maximum Gasteiger partial charge on any atom is 0.271 e. The van der Waals surface area contributed by atoms with Crippen molar-refractivity contribution in [3.8, 4) is 0 Å². The number of hydrogen-bond acceptors (Lipinski definition) is 6. The van der Waals surface area contributed by atoms with E-state index in [9.17, 15) is 9.90 Å². The van der Waals surface area contributed by atoms with Gasteiger partial charge in [0.2, 0.25) is 0 Å². The molecule has 0 aliphatic rings. The first kappa shape index (κ1) is 12.3. The highest BCUT2D eigenvalue weighted by molar-refractivity contribution is 5.95. The predicted molar refractivity (Wildman–Crippen MR) is 58.7 cm³/mol. The standard InChI is InChI=1S/C9H15N5O2/c1-5(15)6(10)4-14-9-7(8(11)16)12-2-3-13-9/h2-3,5-6,15H,4,10H2,1H3,(H2,11,16)(H,13,14). The second-order valence-electron chi connectivity index (χ2n) is 3.40. The Morgan fingerprint density at radius 3 is 2.75 bits per heavy atom. The van der Waals surface area contributed by atoms with Crippen molar-refractivity contribution in [2.75, 3.05) is 11.9 Å². The minimum absolute atomic E-state index is 0.0558. The van der Waals surface area contributed by atoms with Gasteiger partial charge in [0.1, 0.15) is 0 Å². The van der Waals surface area contributed by atoms with E-state index in [4.69, 9.17) is 11.5 Å². The largest absolute Gasteiger partial charge is 0.392 e. The Morgan fingerprint density at radius 1 is 1.56 bits per heavy atom. The van der Waals surface area contributed by atoms with Crippen molar-refractivity contribution >= 4 is 11.7 Å². The molecule has 2 atom stereocenters. The van der Waals surface area contributed by atoms with Crippen molar-refractivity contribution in [2.45, 2.75) is 19.1 Å². The Hall–Kier alpha value is -1.73. The summed E-state index contributed by atoms with van der Waals surface area (Å²) in [5.41, 5.74) is 10.8. The van der Waals surface area contributed by atoms with Crippen LogP contribution in [0.2, 0.25) is 0 Å². The molecular formula is C9H15N5O2. The molecule has 7 heteroatoms. The molecule has 7 nitrogen and oxygen atoms in total. The number of primary amides is 1. The summed E-state index contributed by atoms with van der Waals surface area (Å²) in [6.45, 7) is 1.86. The summed E-state index contributed by atoms with van der Waals surface area (Å²) < 4.78 is 0. The molecule has 1 rings (SSSR count). The summed E-state index contributed by atoms with van der Waals surface area (Å²) in [7, 11) is 0. The Bertz CT molecular complexity index is 369. The number of carbonyl (C=O) groups is 1. The van der Waals surface area contributed by atoms with Gasteiger partial charge in [0.15, 0.2) is 11.5 Å². The van der Waals surface area contributed by atoms with E-state index in [0.29, 0.717) is 0 Å². The van der Waals surface area contributed by atoms with Gasteiger partial charge in [-0.1, -0.05) is 0 Å². The zero-order valence-electron chi connectivity index (χ0n) is 8.92. The Morgan fingerprint density at radius 2 is 2.19 bits per heavy atom. The minimum Gasteiger partial charge on any atom is -0.392 e. The van der Waals surface area contributed by atoms with Crippen LogP contribution in [0.1, 0.15) is 17.4 Å². The summed E-state index contributed by atoms with van der Waals surface area (Å²) in [6, 6.07) is -0.456. The van der Waals surface area contributed by atoms with E-state index in [1.165, 1.54) is 12.4 Å². The zero-order valence-corrected chi connectivity index (χ0v) is 8.92. The molecule has 0 aliphatic carbocycles. The van der Waals surface area contributed by atoms with E-state index < -0.39 is 18.1 Å². The van der Waals surface area contributed by atoms with Gasteiger partial charge in [-0.3, -0.25) is 4.79 Å². The summed E-state index contributed by atoms with van der Waals surface area (Å²) in [5, 5.41) is 12.0. The van der Waals surface area contributed by atoms with Crippen LogP contribution < -0.4 is 16.8 Å². The summed E-state index contributed by atoms with van der Waals surface area (Å²) in [4.78, 5) is 18.7. The van der Waals surface area contributed by atoms with Gasteiger partial charge < -0.3 is 21.9 Å². The van der Waals surface area contributed by atoms with Crippen LogP contribution in [0.15, 0.2) is 12.4 Å². The average Bonchev–Trinajstić information content (AvgIpc) is 2.25. The molecule has 0 spiro atoms. The molecule has 16 heavy (non-hydrogen) atoms. The number of aliphatic hydroxyl groups is 1. The Balaban J connectivity index is 2.70. The van der Waals surface area contributed by atoms with Crippen molar-refractivity contribution in [1.82, 2.24) is 9.97 Å². The van der Waals surface area contributed by atoms with E-state index in [1.807, 2.05) is 0 Å². The SMILES string of the molecule is CC(O)C(N)CNc1nccnc1C(N)=O. The summed E-state index contributed by atoms with van der Waals surface area (Å²) in [6.07, 6.45) is 2.16. The van der Waals surface area contributed by atoms with E-state index in [-0.39, 0.29) is 18.1 Å². The number of aliphatic hydroxyl groups excluding tert-OH is 1. The fourth-order valence-electron chi connectivity index (χ4n) is 1.03. The number of amides is 1.